The monoisotopic (exact) mass is 488 g/mol. The van der Waals surface area contributed by atoms with Gasteiger partial charge in [-0.15, -0.1) is 0 Å². The molecule has 2 aliphatic heterocycles. The number of fused-ring (bicyclic) bond motifs is 4. The number of amides is 2. The maximum absolute atomic E-state index is 13.8. The predicted octanol–water partition coefficient (Wildman–Crippen LogP) is 4.78. The number of nitrogens with one attached hydrogen (secondary N) is 1. The Bertz CT molecular complexity index is 1290. The second kappa shape index (κ2) is 10.0. The molecule has 1 N–H and O–H groups in total. The van der Waals surface area contributed by atoms with E-state index in [2.05, 4.69) is 5.32 Å². The lowest BCUT2D eigenvalue weighted by molar-refractivity contribution is -0.124. The van der Waals surface area contributed by atoms with Gasteiger partial charge in [-0.25, -0.2) is 4.39 Å². The topological polar surface area (TPSA) is 67.9 Å². The lowest BCUT2D eigenvalue weighted by atomic mass is 9.75. The molecule has 7 heteroatoms. The Balaban J connectivity index is 1.57. The van der Waals surface area contributed by atoms with Crippen LogP contribution in [0.2, 0.25) is 0 Å². The zero-order valence-corrected chi connectivity index (χ0v) is 20.4. The highest BCUT2D eigenvalue weighted by atomic mass is 19.1. The highest BCUT2D eigenvalue weighted by Gasteiger charge is 2.46. The fraction of sp³-hybridized carbons (Fsp3) is 0.310. The van der Waals surface area contributed by atoms with Crippen LogP contribution in [0.5, 0.6) is 11.5 Å². The summed E-state index contributed by atoms with van der Waals surface area (Å²) in [4.78, 5) is 29.1. The van der Waals surface area contributed by atoms with Crippen LogP contribution >= 0.6 is 0 Å². The van der Waals surface area contributed by atoms with Crippen molar-refractivity contribution in [2.45, 2.75) is 38.8 Å². The predicted molar refractivity (Wildman–Crippen MR) is 134 cm³/mol. The van der Waals surface area contributed by atoms with Crippen molar-refractivity contribution in [3.05, 3.63) is 94.3 Å². The lowest BCUT2D eigenvalue weighted by Crippen LogP contribution is -2.50. The molecular formula is C29H29FN2O4. The first-order chi connectivity index (χ1) is 17.5. The fourth-order valence-electron chi connectivity index (χ4n) is 5.26. The summed E-state index contributed by atoms with van der Waals surface area (Å²) < 4.78 is 25.0. The molecular weight excluding hydrogens is 459 g/mol. The SMILES string of the molecule is CCOc1cc2c(cc1OCC)C1C(C(=O)NCc3ccc(F)cc3)c3ccccc3C(=O)N1CC2. The molecule has 2 amide bonds. The molecule has 0 saturated carbocycles. The minimum absolute atomic E-state index is 0.0734. The number of rotatable bonds is 7. The van der Waals surface area contributed by atoms with Crippen molar-refractivity contribution < 1.29 is 23.5 Å². The van der Waals surface area contributed by atoms with Gasteiger partial charge in [0.2, 0.25) is 5.91 Å². The van der Waals surface area contributed by atoms with E-state index in [1.807, 2.05) is 49.1 Å². The van der Waals surface area contributed by atoms with E-state index in [1.54, 1.807) is 18.2 Å². The lowest BCUT2D eigenvalue weighted by Gasteiger charge is -2.45. The summed E-state index contributed by atoms with van der Waals surface area (Å²) in [5.74, 6) is 0.0920. The fourth-order valence-corrected chi connectivity index (χ4v) is 5.26. The first-order valence-electron chi connectivity index (χ1n) is 12.4. The van der Waals surface area contributed by atoms with Crippen molar-refractivity contribution in [2.75, 3.05) is 19.8 Å². The standard InChI is InChI=1S/C29H29FN2O4/c1-3-35-24-15-19-13-14-32-27(23(19)16-25(24)36-4-2)26(21-7-5-6-8-22(21)29(32)34)28(33)31-17-18-9-11-20(30)12-10-18/h5-12,15-16,26-27H,3-4,13-14,17H2,1-2H3,(H,31,33). The van der Waals surface area contributed by atoms with Gasteiger partial charge in [-0.05, 0) is 72.9 Å². The van der Waals surface area contributed by atoms with Crippen LogP contribution in [0.3, 0.4) is 0 Å². The van der Waals surface area contributed by atoms with Gasteiger partial charge in [0, 0.05) is 18.7 Å². The second-order valence-corrected chi connectivity index (χ2v) is 8.97. The summed E-state index contributed by atoms with van der Waals surface area (Å²) in [5.41, 5.74) is 4.01. The molecule has 3 aromatic carbocycles. The minimum atomic E-state index is -0.606. The first kappa shape index (κ1) is 23.9. The van der Waals surface area contributed by atoms with Crippen LogP contribution in [0.1, 0.15) is 58.4 Å². The van der Waals surface area contributed by atoms with Gasteiger partial charge in [-0.3, -0.25) is 9.59 Å². The summed E-state index contributed by atoms with van der Waals surface area (Å²) in [5, 5.41) is 3.02. The average molecular weight is 489 g/mol. The number of nitrogens with zero attached hydrogens (tertiary/aromatic N) is 1. The third-order valence-corrected chi connectivity index (χ3v) is 6.85. The molecule has 0 fully saturated rings. The van der Waals surface area contributed by atoms with Crippen molar-refractivity contribution in [1.29, 1.82) is 0 Å². The van der Waals surface area contributed by atoms with E-state index in [0.717, 1.165) is 16.7 Å². The van der Waals surface area contributed by atoms with Crippen LogP contribution in [0.4, 0.5) is 4.39 Å². The van der Waals surface area contributed by atoms with E-state index in [1.165, 1.54) is 12.1 Å². The highest BCUT2D eigenvalue weighted by molar-refractivity contribution is 6.01. The Labute approximate surface area is 210 Å². The molecule has 0 aliphatic carbocycles. The normalized spacial score (nSPS) is 18.1. The molecule has 186 valence electrons. The molecule has 2 aliphatic rings. The molecule has 6 nitrogen and oxygen atoms in total. The molecule has 2 heterocycles. The number of hydrogen-bond acceptors (Lipinski definition) is 4. The van der Waals surface area contributed by atoms with Crippen molar-refractivity contribution in [3.8, 4) is 11.5 Å². The second-order valence-electron chi connectivity index (χ2n) is 8.97. The molecule has 0 aromatic heterocycles. The number of benzene rings is 3. The maximum atomic E-state index is 13.8. The van der Waals surface area contributed by atoms with Gasteiger partial charge in [0.25, 0.3) is 5.91 Å². The summed E-state index contributed by atoms with van der Waals surface area (Å²) in [6, 6.07) is 16.8. The van der Waals surface area contributed by atoms with Crippen LogP contribution in [0, 0.1) is 5.82 Å². The zero-order valence-electron chi connectivity index (χ0n) is 20.4. The molecule has 0 spiro atoms. The van der Waals surface area contributed by atoms with Gasteiger partial charge in [-0.2, -0.15) is 0 Å². The van der Waals surface area contributed by atoms with Gasteiger partial charge in [0.05, 0.1) is 25.2 Å². The van der Waals surface area contributed by atoms with Gasteiger partial charge < -0.3 is 19.7 Å². The van der Waals surface area contributed by atoms with Crippen LogP contribution < -0.4 is 14.8 Å². The van der Waals surface area contributed by atoms with Gasteiger partial charge in [0.15, 0.2) is 11.5 Å². The van der Waals surface area contributed by atoms with E-state index < -0.39 is 12.0 Å². The van der Waals surface area contributed by atoms with Crippen molar-refractivity contribution in [2.24, 2.45) is 0 Å². The quantitative estimate of drug-likeness (QED) is 0.520. The molecule has 0 bridgehead atoms. The van der Waals surface area contributed by atoms with Crippen LogP contribution in [-0.2, 0) is 17.8 Å². The van der Waals surface area contributed by atoms with Crippen LogP contribution in [0.25, 0.3) is 0 Å². The zero-order chi connectivity index (χ0) is 25.2. The number of carbonyl (C=O) groups is 2. The molecule has 2 unspecified atom stereocenters. The summed E-state index contributed by atoms with van der Waals surface area (Å²) in [6.45, 7) is 5.58. The van der Waals surface area contributed by atoms with Crippen molar-refractivity contribution in [1.82, 2.24) is 10.2 Å². The molecule has 0 radical (unpaired) electrons. The Morgan fingerprint density at radius 1 is 1.00 bits per heavy atom. The van der Waals surface area contributed by atoms with Crippen molar-refractivity contribution >= 4 is 11.8 Å². The summed E-state index contributed by atoms with van der Waals surface area (Å²) in [6.07, 6.45) is 0.663. The Morgan fingerprint density at radius 2 is 1.69 bits per heavy atom. The third-order valence-electron chi connectivity index (χ3n) is 6.85. The number of halogens is 1. The van der Waals surface area contributed by atoms with Crippen LogP contribution in [-0.4, -0.2) is 36.5 Å². The number of hydrogen-bond donors (Lipinski definition) is 1. The Hall–Kier alpha value is -3.87. The van der Waals surface area contributed by atoms with Crippen LogP contribution in [0.15, 0.2) is 60.7 Å². The summed E-state index contributed by atoms with van der Waals surface area (Å²) in [7, 11) is 0. The van der Waals surface area contributed by atoms with Gasteiger partial charge in [-0.1, -0.05) is 30.3 Å². The highest BCUT2D eigenvalue weighted by Crippen LogP contribution is 2.48. The smallest absolute Gasteiger partial charge is 0.254 e. The molecule has 0 saturated heterocycles. The Kier molecular flexibility index (Phi) is 6.63. The minimum Gasteiger partial charge on any atom is -0.490 e. The van der Waals surface area contributed by atoms with E-state index in [-0.39, 0.29) is 24.2 Å². The average Bonchev–Trinajstić information content (AvgIpc) is 2.89. The van der Waals surface area contributed by atoms with E-state index in [9.17, 15) is 14.0 Å². The molecule has 36 heavy (non-hydrogen) atoms. The maximum Gasteiger partial charge on any atom is 0.254 e. The number of ether oxygens (including phenoxy) is 2. The largest absolute Gasteiger partial charge is 0.490 e. The third kappa shape index (κ3) is 4.30. The first-order valence-corrected chi connectivity index (χ1v) is 12.4. The van der Waals surface area contributed by atoms with Gasteiger partial charge in [0.1, 0.15) is 5.82 Å². The Morgan fingerprint density at radius 3 is 2.42 bits per heavy atom. The number of carbonyl (C=O) groups excluding carboxylic acids is 2. The molecule has 5 rings (SSSR count). The molecule has 3 aromatic rings. The van der Waals surface area contributed by atoms with E-state index in [4.69, 9.17) is 9.47 Å². The van der Waals surface area contributed by atoms with E-state index in [0.29, 0.717) is 48.8 Å². The van der Waals surface area contributed by atoms with Gasteiger partial charge >= 0.3 is 0 Å². The van der Waals surface area contributed by atoms with E-state index >= 15 is 0 Å². The summed E-state index contributed by atoms with van der Waals surface area (Å²) >= 11 is 0. The van der Waals surface area contributed by atoms with Crippen molar-refractivity contribution in [3.63, 3.8) is 0 Å². The molecule has 2 atom stereocenters.